The fourth-order valence-electron chi connectivity index (χ4n) is 3.36. The van der Waals surface area contributed by atoms with Gasteiger partial charge in [-0.3, -0.25) is 9.59 Å². The van der Waals surface area contributed by atoms with E-state index < -0.39 is 11.8 Å². The zero-order valence-electron chi connectivity index (χ0n) is 19.6. The van der Waals surface area contributed by atoms with Gasteiger partial charge in [0.2, 0.25) is 0 Å². The quantitative estimate of drug-likeness (QED) is 0.258. The molecule has 8 nitrogen and oxygen atoms in total. The van der Waals surface area contributed by atoms with E-state index in [2.05, 4.69) is 22.8 Å². The lowest BCUT2D eigenvalue weighted by molar-refractivity contribution is -0.120. The van der Waals surface area contributed by atoms with Crippen LogP contribution >= 0.6 is 11.3 Å². The highest BCUT2D eigenvalue weighted by Gasteiger charge is 2.15. The number of halogens is 1. The first-order chi connectivity index (χ1) is 17.0. The Bertz CT molecular complexity index is 1210. The summed E-state index contributed by atoms with van der Waals surface area (Å²) >= 11 is 1.30. The number of carbonyl (C=O) groups excluding carboxylic acids is 2. The van der Waals surface area contributed by atoms with E-state index in [-0.39, 0.29) is 31.1 Å². The number of hydrogen-bond donors (Lipinski definition) is 3. The van der Waals surface area contributed by atoms with Crippen molar-refractivity contribution in [2.75, 3.05) is 26.9 Å². The number of benzene rings is 2. The van der Waals surface area contributed by atoms with Crippen molar-refractivity contribution in [3.63, 3.8) is 0 Å². The van der Waals surface area contributed by atoms with Gasteiger partial charge in [0.05, 0.1) is 30.7 Å². The fourth-order valence-corrected chi connectivity index (χ4v) is 4.34. The predicted molar refractivity (Wildman–Crippen MR) is 134 cm³/mol. The average molecular weight is 502 g/mol. The highest BCUT2D eigenvalue weighted by molar-refractivity contribution is 7.17. The number of methoxy groups -OCH3 is 1. The summed E-state index contributed by atoms with van der Waals surface area (Å²) in [6.07, 6.45) is 2.42. The number of nitrogens with one attached hydrogen (secondary N) is 2. The third-order valence-corrected chi connectivity index (χ3v) is 6.13. The molecule has 0 saturated carbocycles. The van der Waals surface area contributed by atoms with Crippen molar-refractivity contribution < 1.29 is 28.6 Å². The Morgan fingerprint density at radius 2 is 2.03 bits per heavy atom. The van der Waals surface area contributed by atoms with Gasteiger partial charge in [-0.2, -0.15) is 5.10 Å². The first kappa shape index (κ1) is 26.1. The molecule has 3 aromatic rings. The molecule has 2 amide bonds. The Hall–Kier alpha value is -3.50. The molecular formula is C25H28FN3O5S. The molecular weight excluding hydrogens is 473 g/mol. The van der Waals surface area contributed by atoms with Gasteiger partial charge in [-0.05, 0) is 37.1 Å². The van der Waals surface area contributed by atoms with E-state index in [4.69, 9.17) is 14.6 Å². The molecule has 0 atom stereocenters. The molecule has 0 unspecified atom stereocenters. The molecule has 1 heterocycles. The van der Waals surface area contributed by atoms with Crippen LogP contribution in [0.4, 0.5) is 4.39 Å². The third kappa shape index (κ3) is 6.77. The number of hydrogen-bond acceptors (Lipinski definition) is 7. The summed E-state index contributed by atoms with van der Waals surface area (Å²) in [6.45, 7) is 1.71. The number of nitrogens with zero attached hydrogens (tertiary/aromatic N) is 1. The topological polar surface area (TPSA) is 109 Å². The van der Waals surface area contributed by atoms with E-state index >= 15 is 0 Å². The van der Waals surface area contributed by atoms with Crippen molar-refractivity contribution in [1.29, 1.82) is 0 Å². The van der Waals surface area contributed by atoms with Crippen molar-refractivity contribution >= 4 is 38.9 Å². The van der Waals surface area contributed by atoms with E-state index in [0.29, 0.717) is 28.3 Å². The second kappa shape index (κ2) is 12.8. The second-order valence-electron chi connectivity index (χ2n) is 7.58. The number of rotatable bonds is 12. The third-order valence-electron chi connectivity index (χ3n) is 5.13. The van der Waals surface area contributed by atoms with Crippen molar-refractivity contribution in [3.8, 4) is 11.5 Å². The van der Waals surface area contributed by atoms with Gasteiger partial charge >= 0.3 is 0 Å². The smallest absolute Gasteiger partial charge is 0.259 e. The molecule has 3 N–H and O–H groups in total. The molecule has 0 saturated heterocycles. The molecule has 0 aliphatic rings. The molecule has 0 aliphatic heterocycles. The van der Waals surface area contributed by atoms with Gasteiger partial charge < -0.3 is 19.9 Å². The first-order valence-corrected chi connectivity index (χ1v) is 12.1. The molecule has 0 spiro atoms. The van der Waals surface area contributed by atoms with E-state index in [0.717, 1.165) is 23.8 Å². The van der Waals surface area contributed by atoms with E-state index in [1.165, 1.54) is 36.6 Å². The number of ether oxygens (including phenoxy) is 2. The summed E-state index contributed by atoms with van der Waals surface area (Å²) in [4.78, 5) is 24.9. The Labute approximate surface area is 206 Å². The van der Waals surface area contributed by atoms with Gasteiger partial charge in [0.1, 0.15) is 12.4 Å². The van der Waals surface area contributed by atoms with Gasteiger partial charge in [0.25, 0.3) is 11.8 Å². The zero-order valence-corrected chi connectivity index (χ0v) is 20.4. The number of hydrazone groups is 1. The van der Waals surface area contributed by atoms with E-state index in [1.807, 2.05) is 11.4 Å². The zero-order chi connectivity index (χ0) is 25.2. The lowest BCUT2D eigenvalue weighted by atomic mass is 10.0. The monoisotopic (exact) mass is 501 g/mol. The van der Waals surface area contributed by atoms with Crippen LogP contribution in [0, 0.1) is 5.82 Å². The van der Waals surface area contributed by atoms with Gasteiger partial charge in [0, 0.05) is 21.9 Å². The van der Waals surface area contributed by atoms with Crippen LogP contribution in [0.3, 0.4) is 0 Å². The summed E-state index contributed by atoms with van der Waals surface area (Å²) in [6, 6.07) is 9.48. The summed E-state index contributed by atoms with van der Waals surface area (Å²) in [5, 5.41) is 18.3. The SMILES string of the molecule is CCCCC(=NNC(=O)CNC(=O)c1ccc(OCCO)c(OC)c1)c1csc2c(F)cccc12. The minimum Gasteiger partial charge on any atom is -0.493 e. The van der Waals surface area contributed by atoms with Crippen LogP contribution < -0.4 is 20.2 Å². The first-order valence-electron chi connectivity index (χ1n) is 11.2. The summed E-state index contributed by atoms with van der Waals surface area (Å²) < 4.78 is 25.2. The van der Waals surface area contributed by atoms with Crippen LogP contribution in [-0.2, 0) is 4.79 Å². The maximum absolute atomic E-state index is 14.1. The minimum absolute atomic E-state index is 0.0962. The maximum atomic E-state index is 14.1. The van der Waals surface area contributed by atoms with Crippen LogP contribution in [0.1, 0.15) is 42.1 Å². The van der Waals surface area contributed by atoms with Gasteiger partial charge in [-0.25, -0.2) is 9.82 Å². The Balaban J connectivity index is 1.65. The molecule has 0 fully saturated rings. The molecule has 1 aromatic heterocycles. The Kier molecular flexibility index (Phi) is 9.56. The fraction of sp³-hybridized carbons (Fsp3) is 0.320. The molecule has 0 aliphatic carbocycles. The van der Waals surface area contributed by atoms with E-state index in [1.54, 1.807) is 12.1 Å². The maximum Gasteiger partial charge on any atom is 0.259 e. The lowest BCUT2D eigenvalue weighted by Gasteiger charge is -2.11. The lowest BCUT2D eigenvalue weighted by Crippen LogP contribution is -2.35. The number of aliphatic hydroxyl groups excluding tert-OH is 1. The highest BCUT2D eigenvalue weighted by atomic mass is 32.1. The highest BCUT2D eigenvalue weighted by Crippen LogP contribution is 2.30. The van der Waals surface area contributed by atoms with Crippen molar-refractivity contribution in [3.05, 3.63) is 58.7 Å². The van der Waals surface area contributed by atoms with Crippen LogP contribution in [0.5, 0.6) is 11.5 Å². The number of thiophene rings is 1. The van der Waals surface area contributed by atoms with Crippen molar-refractivity contribution in [2.24, 2.45) is 5.10 Å². The minimum atomic E-state index is -0.493. The Morgan fingerprint density at radius 1 is 1.20 bits per heavy atom. The molecule has 10 heteroatoms. The standard InChI is InChI=1S/C25H28FN3O5S/c1-3-4-8-20(18-15-35-24-17(18)6-5-7-19(24)26)28-29-23(31)14-27-25(32)16-9-10-21(34-12-11-30)22(13-16)33-2/h5-7,9-10,13,15,30H,3-4,8,11-12,14H2,1-2H3,(H,27,32)(H,29,31). The number of carbonyl (C=O) groups is 2. The summed E-state index contributed by atoms with van der Waals surface area (Å²) in [5.74, 6) is -0.523. The summed E-state index contributed by atoms with van der Waals surface area (Å²) in [7, 11) is 1.44. The second-order valence-corrected chi connectivity index (χ2v) is 8.46. The number of amides is 2. The van der Waals surface area contributed by atoms with E-state index in [9.17, 15) is 14.0 Å². The van der Waals surface area contributed by atoms with Crippen LogP contribution in [-0.4, -0.2) is 49.5 Å². The molecule has 2 aromatic carbocycles. The van der Waals surface area contributed by atoms with Gasteiger partial charge in [-0.1, -0.05) is 25.5 Å². The number of aliphatic hydroxyl groups is 1. The molecule has 0 bridgehead atoms. The van der Waals surface area contributed by atoms with Gasteiger partial charge in [0.15, 0.2) is 11.5 Å². The van der Waals surface area contributed by atoms with Crippen molar-refractivity contribution in [2.45, 2.75) is 26.2 Å². The number of unbranched alkanes of at least 4 members (excludes halogenated alkanes) is 1. The largest absolute Gasteiger partial charge is 0.493 e. The van der Waals surface area contributed by atoms with Crippen LogP contribution in [0.25, 0.3) is 10.1 Å². The molecule has 35 heavy (non-hydrogen) atoms. The van der Waals surface area contributed by atoms with Crippen LogP contribution in [0.2, 0.25) is 0 Å². The Morgan fingerprint density at radius 3 is 2.77 bits per heavy atom. The number of fused-ring (bicyclic) bond motifs is 1. The molecule has 186 valence electrons. The van der Waals surface area contributed by atoms with Gasteiger partial charge in [-0.15, -0.1) is 11.3 Å². The summed E-state index contributed by atoms with van der Waals surface area (Å²) in [5.41, 5.74) is 4.23. The van der Waals surface area contributed by atoms with Crippen molar-refractivity contribution in [1.82, 2.24) is 10.7 Å². The normalized spacial score (nSPS) is 11.4. The molecule has 0 radical (unpaired) electrons. The average Bonchev–Trinajstić information content (AvgIpc) is 3.31. The molecule has 3 rings (SSSR count). The predicted octanol–water partition coefficient (Wildman–Crippen LogP) is 3.86. The van der Waals surface area contributed by atoms with Crippen LogP contribution in [0.15, 0.2) is 46.9 Å².